The molecule has 2 aromatic carbocycles. The normalized spacial score (nSPS) is 10.7. The van der Waals surface area contributed by atoms with Gasteiger partial charge in [0, 0.05) is 0 Å². The lowest BCUT2D eigenvalue weighted by atomic mass is 10.2. The van der Waals surface area contributed by atoms with Crippen LogP contribution in [0.5, 0.6) is 5.75 Å². The Hall–Kier alpha value is -2.57. The molecule has 0 saturated carbocycles. The fourth-order valence-electron chi connectivity index (χ4n) is 2.18. The molecule has 0 aliphatic heterocycles. The van der Waals surface area contributed by atoms with Gasteiger partial charge in [-0.25, -0.2) is 5.43 Å². The van der Waals surface area contributed by atoms with E-state index in [1.54, 1.807) is 18.2 Å². The third-order valence-corrected chi connectivity index (χ3v) is 4.39. The van der Waals surface area contributed by atoms with E-state index in [9.17, 15) is 9.59 Å². The Bertz CT molecular complexity index is 856. The van der Waals surface area contributed by atoms with E-state index in [4.69, 9.17) is 27.9 Å². The Morgan fingerprint density at radius 2 is 1.93 bits per heavy atom. The number of hydrogen-bond acceptors (Lipinski definition) is 4. The predicted octanol–water partition coefficient (Wildman–Crippen LogP) is 4.65. The van der Waals surface area contributed by atoms with Gasteiger partial charge in [0.15, 0.2) is 0 Å². The van der Waals surface area contributed by atoms with Crippen molar-refractivity contribution in [1.82, 2.24) is 5.43 Å². The Labute approximate surface area is 173 Å². The van der Waals surface area contributed by atoms with Crippen molar-refractivity contribution in [1.29, 1.82) is 0 Å². The molecule has 0 saturated heterocycles. The van der Waals surface area contributed by atoms with Crippen LogP contribution in [0, 0.1) is 0 Å². The minimum Gasteiger partial charge on any atom is -0.494 e. The van der Waals surface area contributed by atoms with Gasteiger partial charge in [-0.15, -0.1) is 0 Å². The number of anilines is 1. The van der Waals surface area contributed by atoms with Crippen molar-refractivity contribution in [2.45, 2.75) is 26.2 Å². The lowest BCUT2D eigenvalue weighted by Crippen LogP contribution is -2.24. The number of carbonyl (C=O) groups excluding carboxylic acids is 2. The summed E-state index contributed by atoms with van der Waals surface area (Å²) in [6.07, 6.45) is 3.12. The topological polar surface area (TPSA) is 79.8 Å². The molecule has 0 aliphatic carbocycles. The first-order chi connectivity index (χ1) is 13.5. The van der Waals surface area contributed by atoms with Gasteiger partial charge >= 0.3 is 0 Å². The van der Waals surface area contributed by atoms with E-state index in [0.717, 1.165) is 24.2 Å². The van der Waals surface area contributed by atoms with Gasteiger partial charge in [-0.2, -0.15) is 5.10 Å². The van der Waals surface area contributed by atoms with Gasteiger partial charge in [-0.3, -0.25) is 9.59 Å². The molecule has 0 radical (unpaired) electrons. The van der Waals surface area contributed by atoms with E-state index >= 15 is 0 Å². The van der Waals surface area contributed by atoms with Gasteiger partial charge in [-0.1, -0.05) is 54.7 Å². The lowest BCUT2D eigenvalue weighted by molar-refractivity contribution is -0.126. The summed E-state index contributed by atoms with van der Waals surface area (Å²) >= 11 is 11.9. The number of rotatable bonds is 9. The highest BCUT2D eigenvalue weighted by atomic mass is 35.5. The van der Waals surface area contributed by atoms with Gasteiger partial charge in [-0.05, 0) is 36.2 Å². The number of unbranched alkanes of at least 4 members (excludes halogenated alkanes) is 1. The molecule has 8 heteroatoms. The molecule has 0 spiro atoms. The van der Waals surface area contributed by atoms with Crippen LogP contribution in [0.25, 0.3) is 0 Å². The molecule has 0 fully saturated rings. The number of halogens is 2. The zero-order valence-electron chi connectivity index (χ0n) is 15.4. The summed E-state index contributed by atoms with van der Waals surface area (Å²) in [4.78, 5) is 23.8. The minimum atomic E-state index is -0.553. The van der Waals surface area contributed by atoms with Crippen molar-refractivity contribution < 1.29 is 14.3 Å². The molecule has 0 bridgehead atoms. The summed E-state index contributed by atoms with van der Waals surface area (Å²) in [5.74, 6) is -0.341. The third kappa shape index (κ3) is 7.21. The van der Waals surface area contributed by atoms with Gasteiger partial charge in [0.1, 0.15) is 12.2 Å². The number of ether oxygens (including phenoxy) is 1. The summed E-state index contributed by atoms with van der Waals surface area (Å²) in [5.41, 5.74) is 3.43. The number of hydrazone groups is 1. The van der Waals surface area contributed by atoms with Crippen molar-refractivity contribution in [3.8, 4) is 5.75 Å². The molecule has 0 atom stereocenters. The monoisotopic (exact) mass is 421 g/mol. The van der Waals surface area contributed by atoms with E-state index < -0.39 is 18.2 Å². The molecule has 28 heavy (non-hydrogen) atoms. The highest BCUT2D eigenvalue weighted by molar-refractivity contribution is 6.44. The number of nitrogens with zero attached hydrogens (tertiary/aromatic N) is 1. The first-order valence-corrected chi connectivity index (χ1v) is 9.54. The van der Waals surface area contributed by atoms with Crippen LogP contribution in [0.15, 0.2) is 47.6 Å². The first kappa shape index (κ1) is 21.7. The SMILES string of the molecule is CCCCOc1cccc(C=NNC(=O)CC(=O)Nc2cccc(Cl)c2Cl)c1. The predicted molar refractivity (Wildman–Crippen MR) is 112 cm³/mol. The fourth-order valence-corrected chi connectivity index (χ4v) is 2.53. The maximum absolute atomic E-state index is 11.9. The number of benzene rings is 2. The molecule has 0 unspecified atom stereocenters. The largest absolute Gasteiger partial charge is 0.494 e. The van der Waals surface area contributed by atoms with Crippen molar-refractivity contribution >= 4 is 46.9 Å². The Balaban J connectivity index is 1.82. The van der Waals surface area contributed by atoms with Crippen LogP contribution in [0.2, 0.25) is 10.0 Å². The first-order valence-electron chi connectivity index (χ1n) is 8.78. The van der Waals surface area contributed by atoms with Gasteiger partial charge in [0.25, 0.3) is 0 Å². The van der Waals surface area contributed by atoms with E-state index in [-0.39, 0.29) is 5.02 Å². The van der Waals surface area contributed by atoms with Gasteiger partial charge in [0.05, 0.1) is 28.6 Å². The summed E-state index contributed by atoms with van der Waals surface area (Å²) in [6, 6.07) is 12.2. The Morgan fingerprint density at radius 3 is 2.71 bits per heavy atom. The van der Waals surface area contributed by atoms with Crippen molar-refractivity contribution in [3.05, 3.63) is 58.1 Å². The zero-order valence-corrected chi connectivity index (χ0v) is 16.9. The molecule has 0 aromatic heterocycles. The second-order valence-electron chi connectivity index (χ2n) is 5.89. The smallest absolute Gasteiger partial charge is 0.249 e. The second kappa shape index (κ2) is 11.3. The van der Waals surface area contributed by atoms with Crippen molar-refractivity contribution in [3.63, 3.8) is 0 Å². The molecule has 148 valence electrons. The van der Waals surface area contributed by atoms with Crippen LogP contribution in [0.4, 0.5) is 5.69 Å². The van der Waals surface area contributed by atoms with E-state index in [2.05, 4.69) is 22.8 Å². The molecule has 2 N–H and O–H groups in total. The molecule has 0 aliphatic rings. The van der Waals surface area contributed by atoms with Crippen molar-refractivity contribution in [2.24, 2.45) is 5.10 Å². The standard InChI is InChI=1S/C20H21Cl2N3O3/c1-2-3-10-28-15-7-4-6-14(11-15)13-23-25-19(27)12-18(26)24-17-9-5-8-16(21)20(17)22/h4-9,11,13H,2-3,10,12H2,1H3,(H,24,26)(H,25,27). The third-order valence-electron chi connectivity index (χ3n) is 3.57. The molecule has 2 rings (SSSR count). The average molecular weight is 422 g/mol. The second-order valence-corrected chi connectivity index (χ2v) is 6.68. The zero-order chi connectivity index (χ0) is 20.4. The Morgan fingerprint density at radius 1 is 1.14 bits per heavy atom. The van der Waals surface area contributed by atoms with Gasteiger partial charge in [0.2, 0.25) is 11.8 Å². The summed E-state index contributed by atoms with van der Waals surface area (Å²) in [6.45, 7) is 2.75. The number of hydrogen-bond donors (Lipinski definition) is 2. The Kier molecular flexibility index (Phi) is 8.78. The van der Waals surface area contributed by atoms with Crippen LogP contribution in [-0.2, 0) is 9.59 Å². The van der Waals surface area contributed by atoms with Crippen LogP contribution in [0.3, 0.4) is 0 Å². The number of amides is 2. The summed E-state index contributed by atoms with van der Waals surface area (Å²) < 4.78 is 5.62. The number of carbonyl (C=O) groups is 2. The van der Waals surface area contributed by atoms with E-state index in [1.165, 1.54) is 6.21 Å². The van der Waals surface area contributed by atoms with Crippen LogP contribution >= 0.6 is 23.2 Å². The quantitative estimate of drug-likeness (QED) is 0.267. The highest BCUT2D eigenvalue weighted by Gasteiger charge is 2.12. The summed E-state index contributed by atoms with van der Waals surface area (Å²) in [7, 11) is 0. The fraction of sp³-hybridized carbons (Fsp3) is 0.250. The average Bonchev–Trinajstić information content (AvgIpc) is 2.66. The van der Waals surface area contributed by atoms with Crippen LogP contribution in [-0.4, -0.2) is 24.6 Å². The highest BCUT2D eigenvalue weighted by Crippen LogP contribution is 2.29. The van der Waals surface area contributed by atoms with Crippen LogP contribution in [0.1, 0.15) is 31.7 Å². The molecule has 6 nitrogen and oxygen atoms in total. The minimum absolute atomic E-state index is 0.219. The van der Waals surface area contributed by atoms with Gasteiger partial charge < -0.3 is 10.1 Å². The van der Waals surface area contributed by atoms with E-state index in [1.807, 2.05) is 24.3 Å². The molecule has 0 heterocycles. The maximum Gasteiger partial charge on any atom is 0.249 e. The molecular formula is C20H21Cl2N3O3. The van der Waals surface area contributed by atoms with Crippen LogP contribution < -0.4 is 15.5 Å². The molecular weight excluding hydrogens is 401 g/mol. The van der Waals surface area contributed by atoms with E-state index in [0.29, 0.717) is 17.3 Å². The molecule has 2 amide bonds. The maximum atomic E-state index is 11.9. The van der Waals surface area contributed by atoms with Crippen molar-refractivity contribution in [2.75, 3.05) is 11.9 Å². The molecule has 2 aromatic rings. The number of nitrogens with one attached hydrogen (secondary N) is 2. The summed E-state index contributed by atoms with van der Waals surface area (Å²) in [5, 5.41) is 6.93. The lowest BCUT2D eigenvalue weighted by Gasteiger charge is -2.07.